The van der Waals surface area contributed by atoms with Crippen molar-refractivity contribution in [1.29, 1.82) is 0 Å². The van der Waals surface area contributed by atoms with Crippen LogP contribution >= 0.6 is 0 Å². The van der Waals surface area contributed by atoms with Gasteiger partial charge in [0.05, 0.1) is 5.75 Å². The summed E-state index contributed by atoms with van der Waals surface area (Å²) < 4.78 is 26.1. The molecule has 5 heteroatoms. The molecule has 0 aliphatic carbocycles. The Labute approximate surface area is 116 Å². The van der Waals surface area contributed by atoms with Crippen molar-refractivity contribution in [2.75, 3.05) is 12.3 Å². The van der Waals surface area contributed by atoms with Crippen LogP contribution in [0.5, 0.6) is 0 Å². The summed E-state index contributed by atoms with van der Waals surface area (Å²) >= 11 is 0. The Bertz CT molecular complexity index is 467. The van der Waals surface area contributed by atoms with Gasteiger partial charge in [-0.3, -0.25) is 0 Å². The summed E-state index contributed by atoms with van der Waals surface area (Å²) in [6, 6.07) is 7.86. The maximum absolute atomic E-state index is 11.8. The molecule has 0 spiro atoms. The largest absolute Gasteiger partial charge is 0.330 e. The Balaban J connectivity index is 2.47. The number of sulfonamides is 1. The van der Waals surface area contributed by atoms with E-state index in [2.05, 4.69) is 4.72 Å². The number of benzene rings is 1. The van der Waals surface area contributed by atoms with Crippen LogP contribution in [0.2, 0.25) is 0 Å². The average molecular weight is 284 g/mol. The lowest BCUT2D eigenvalue weighted by molar-refractivity contribution is 0.561. The molecule has 4 nitrogen and oxygen atoms in total. The predicted octanol–water partition coefficient (Wildman–Crippen LogP) is 1.65. The Hall–Kier alpha value is -0.910. The summed E-state index contributed by atoms with van der Waals surface area (Å²) in [5.74, 6) is 0.586. The molecule has 0 unspecified atom stereocenters. The molecule has 1 aromatic rings. The normalized spacial score (nSPS) is 12.0. The lowest BCUT2D eigenvalue weighted by atomic mass is 10.1. The molecule has 108 valence electrons. The number of hydrogen-bond donors (Lipinski definition) is 2. The molecular formula is C14H24N2O2S. The van der Waals surface area contributed by atoms with Crippen LogP contribution in [0.4, 0.5) is 0 Å². The summed E-state index contributed by atoms with van der Waals surface area (Å²) in [5, 5.41) is 0. The average Bonchev–Trinajstić information content (AvgIpc) is 2.36. The van der Waals surface area contributed by atoms with Crippen molar-refractivity contribution in [3.8, 4) is 0 Å². The minimum absolute atomic E-state index is 0.190. The monoisotopic (exact) mass is 284 g/mol. The zero-order chi connectivity index (χ0) is 14.3. The summed E-state index contributed by atoms with van der Waals surface area (Å²) in [6.45, 7) is 5.02. The number of nitrogens with one attached hydrogen (secondary N) is 1. The van der Waals surface area contributed by atoms with Gasteiger partial charge in [-0.25, -0.2) is 13.1 Å². The van der Waals surface area contributed by atoms with E-state index in [1.165, 1.54) is 5.56 Å². The summed E-state index contributed by atoms with van der Waals surface area (Å²) in [6.07, 6.45) is 1.53. The van der Waals surface area contributed by atoms with Gasteiger partial charge in [-0.05, 0) is 36.4 Å². The Morgan fingerprint density at radius 3 is 2.26 bits per heavy atom. The maximum Gasteiger partial charge on any atom is 0.211 e. The van der Waals surface area contributed by atoms with Crippen molar-refractivity contribution in [3.63, 3.8) is 0 Å². The molecule has 0 saturated heterocycles. The van der Waals surface area contributed by atoms with Gasteiger partial charge < -0.3 is 5.73 Å². The van der Waals surface area contributed by atoms with Crippen LogP contribution in [0.3, 0.4) is 0 Å². The SMILES string of the molecule is CC(C)CCS(=O)(=O)NCc1ccc(CCN)cc1. The third kappa shape index (κ3) is 6.71. The Morgan fingerprint density at radius 2 is 1.74 bits per heavy atom. The smallest absolute Gasteiger partial charge is 0.211 e. The standard InChI is InChI=1S/C14H24N2O2S/c1-12(2)8-10-19(17,18)16-11-14-5-3-13(4-6-14)7-9-15/h3-6,12,16H,7-11,15H2,1-2H3. The highest BCUT2D eigenvalue weighted by molar-refractivity contribution is 7.89. The highest BCUT2D eigenvalue weighted by Crippen LogP contribution is 2.06. The van der Waals surface area contributed by atoms with Crippen molar-refractivity contribution in [2.24, 2.45) is 11.7 Å². The lowest BCUT2D eigenvalue weighted by Crippen LogP contribution is -2.26. The van der Waals surface area contributed by atoms with Crippen LogP contribution in [0.15, 0.2) is 24.3 Å². The van der Waals surface area contributed by atoms with E-state index in [9.17, 15) is 8.42 Å². The van der Waals surface area contributed by atoms with Crippen molar-refractivity contribution in [3.05, 3.63) is 35.4 Å². The molecule has 0 heterocycles. The minimum atomic E-state index is -3.17. The maximum atomic E-state index is 11.8. The topological polar surface area (TPSA) is 72.2 Å². The first-order valence-corrected chi connectivity index (χ1v) is 8.33. The van der Waals surface area contributed by atoms with Crippen molar-refractivity contribution >= 4 is 10.0 Å². The highest BCUT2D eigenvalue weighted by atomic mass is 32.2. The first-order valence-electron chi connectivity index (χ1n) is 6.68. The molecule has 3 N–H and O–H groups in total. The highest BCUT2D eigenvalue weighted by Gasteiger charge is 2.10. The molecule has 1 aromatic carbocycles. The zero-order valence-corrected chi connectivity index (χ0v) is 12.5. The van der Waals surface area contributed by atoms with Crippen LogP contribution in [0, 0.1) is 5.92 Å². The van der Waals surface area contributed by atoms with Gasteiger partial charge in [0.25, 0.3) is 0 Å². The van der Waals surface area contributed by atoms with Crippen LogP contribution in [-0.2, 0) is 23.0 Å². The molecule has 0 atom stereocenters. The Kier molecular flexibility index (Phi) is 6.48. The van der Waals surface area contributed by atoms with E-state index < -0.39 is 10.0 Å². The fourth-order valence-corrected chi connectivity index (χ4v) is 2.96. The second kappa shape index (κ2) is 7.62. The molecule has 19 heavy (non-hydrogen) atoms. The van der Waals surface area contributed by atoms with E-state index in [1.807, 2.05) is 38.1 Å². The van der Waals surface area contributed by atoms with Gasteiger partial charge in [0.1, 0.15) is 0 Å². The second-order valence-corrected chi connectivity index (χ2v) is 7.10. The summed E-state index contributed by atoms with van der Waals surface area (Å²) in [7, 11) is -3.17. The quantitative estimate of drug-likeness (QED) is 0.762. The molecule has 0 saturated carbocycles. The van der Waals surface area contributed by atoms with E-state index in [0.717, 1.165) is 12.0 Å². The minimum Gasteiger partial charge on any atom is -0.330 e. The van der Waals surface area contributed by atoms with Gasteiger partial charge in [-0.2, -0.15) is 0 Å². The molecule has 0 bridgehead atoms. The second-order valence-electron chi connectivity index (χ2n) is 5.18. The van der Waals surface area contributed by atoms with Gasteiger partial charge in [-0.1, -0.05) is 38.1 Å². The zero-order valence-electron chi connectivity index (χ0n) is 11.7. The van der Waals surface area contributed by atoms with E-state index >= 15 is 0 Å². The fourth-order valence-electron chi connectivity index (χ4n) is 1.65. The van der Waals surface area contributed by atoms with Crippen molar-refractivity contribution < 1.29 is 8.42 Å². The van der Waals surface area contributed by atoms with Gasteiger partial charge in [0.2, 0.25) is 10.0 Å². The van der Waals surface area contributed by atoms with Crippen molar-refractivity contribution in [1.82, 2.24) is 4.72 Å². The molecule has 0 fully saturated rings. The third-order valence-corrected chi connectivity index (χ3v) is 4.27. The number of nitrogens with two attached hydrogens (primary N) is 1. The molecule has 0 radical (unpaired) electrons. The van der Waals surface area contributed by atoms with Crippen LogP contribution < -0.4 is 10.5 Å². The molecule has 0 amide bonds. The first kappa shape index (κ1) is 16.1. The van der Waals surface area contributed by atoms with E-state index in [0.29, 0.717) is 25.4 Å². The van der Waals surface area contributed by atoms with Crippen LogP contribution in [0.1, 0.15) is 31.4 Å². The summed E-state index contributed by atoms with van der Waals surface area (Å²) in [5.41, 5.74) is 7.62. The van der Waals surface area contributed by atoms with Crippen LogP contribution in [0.25, 0.3) is 0 Å². The fraction of sp³-hybridized carbons (Fsp3) is 0.571. The third-order valence-electron chi connectivity index (χ3n) is 2.92. The van der Waals surface area contributed by atoms with E-state index in [1.54, 1.807) is 0 Å². The van der Waals surface area contributed by atoms with Crippen LogP contribution in [-0.4, -0.2) is 20.7 Å². The number of hydrogen-bond acceptors (Lipinski definition) is 3. The first-order chi connectivity index (χ1) is 8.93. The molecule has 0 aromatic heterocycles. The lowest BCUT2D eigenvalue weighted by Gasteiger charge is -2.09. The molecule has 0 aliphatic rings. The van der Waals surface area contributed by atoms with Gasteiger partial charge in [0, 0.05) is 6.54 Å². The number of rotatable bonds is 8. The molecular weight excluding hydrogens is 260 g/mol. The Morgan fingerprint density at radius 1 is 1.16 bits per heavy atom. The molecule has 1 rings (SSSR count). The van der Waals surface area contributed by atoms with E-state index in [4.69, 9.17) is 5.73 Å². The van der Waals surface area contributed by atoms with Crippen molar-refractivity contribution in [2.45, 2.75) is 33.2 Å². The summed E-state index contributed by atoms with van der Waals surface area (Å²) in [4.78, 5) is 0. The van der Waals surface area contributed by atoms with Gasteiger partial charge >= 0.3 is 0 Å². The molecule has 0 aliphatic heterocycles. The van der Waals surface area contributed by atoms with Gasteiger partial charge in [-0.15, -0.1) is 0 Å². The van der Waals surface area contributed by atoms with E-state index in [-0.39, 0.29) is 5.75 Å². The van der Waals surface area contributed by atoms with Gasteiger partial charge in [0.15, 0.2) is 0 Å². The predicted molar refractivity (Wildman–Crippen MR) is 79.3 cm³/mol.